The second kappa shape index (κ2) is 8.63. The van der Waals surface area contributed by atoms with E-state index in [9.17, 15) is 14.0 Å². The molecular formula is C25H22FN3O3. The van der Waals surface area contributed by atoms with Gasteiger partial charge in [0.15, 0.2) is 0 Å². The molecular weight excluding hydrogens is 409 g/mol. The minimum Gasteiger partial charge on any atom is -0.466 e. The number of methoxy groups -OCH3 is 1. The Bertz CT molecular complexity index is 1370. The first-order valence-corrected chi connectivity index (χ1v) is 10.0. The fourth-order valence-corrected chi connectivity index (χ4v) is 3.76. The number of hydrogen-bond acceptors (Lipinski definition) is 4. The topological polar surface area (TPSA) is 64.4 Å². The largest absolute Gasteiger partial charge is 0.466 e. The van der Waals surface area contributed by atoms with Crippen molar-refractivity contribution < 1.29 is 18.7 Å². The average Bonchev–Trinajstić information content (AvgIpc) is 3.13. The van der Waals surface area contributed by atoms with Gasteiger partial charge in [-0.3, -0.25) is 9.48 Å². The number of ether oxygens (including phenoxy) is 1. The molecule has 0 atom stereocenters. The maximum absolute atomic E-state index is 14.3. The Kier molecular flexibility index (Phi) is 5.73. The normalized spacial score (nSPS) is 11.4. The molecule has 0 saturated carbocycles. The van der Waals surface area contributed by atoms with Crippen LogP contribution in [0.2, 0.25) is 0 Å². The minimum atomic E-state index is -0.545. The van der Waals surface area contributed by atoms with Gasteiger partial charge in [0.25, 0.3) is 0 Å². The second-order valence-corrected chi connectivity index (χ2v) is 7.52. The zero-order valence-electron chi connectivity index (χ0n) is 18.0. The van der Waals surface area contributed by atoms with Gasteiger partial charge in [-0.05, 0) is 58.3 Å². The van der Waals surface area contributed by atoms with Crippen LogP contribution in [-0.4, -0.2) is 28.8 Å². The van der Waals surface area contributed by atoms with Gasteiger partial charge in [0.05, 0.1) is 25.4 Å². The fraction of sp³-hybridized carbons (Fsp3) is 0.160. The molecule has 0 unspecified atom stereocenters. The molecule has 32 heavy (non-hydrogen) atoms. The van der Waals surface area contributed by atoms with E-state index in [-0.39, 0.29) is 12.5 Å². The third-order valence-electron chi connectivity index (χ3n) is 5.37. The van der Waals surface area contributed by atoms with E-state index in [0.29, 0.717) is 11.3 Å². The van der Waals surface area contributed by atoms with Crippen LogP contribution in [-0.2, 0) is 27.9 Å². The summed E-state index contributed by atoms with van der Waals surface area (Å²) in [5, 5.41) is 7.38. The van der Waals surface area contributed by atoms with Crippen LogP contribution in [0.4, 0.5) is 10.1 Å². The Balaban J connectivity index is 1.76. The molecule has 0 aliphatic heterocycles. The van der Waals surface area contributed by atoms with Crippen LogP contribution in [0.5, 0.6) is 0 Å². The van der Waals surface area contributed by atoms with Gasteiger partial charge in [-0.25, -0.2) is 9.18 Å². The van der Waals surface area contributed by atoms with Crippen molar-refractivity contribution in [3.63, 3.8) is 0 Å². The van der Waals surface area contributed by atoms with Crippen LogP contribution in [0.25, 0.3) is 27.8 Å². The van der Waals surface area contributed by atoms with E-state index in [4.69, 9.17) is 0 Å². The van der Waals surface area contributed by atoms with Gasteiger partial charge in [-0.15, -0.1) is 0 Å². The van der Waals surface area contributed by atoms with Gasteiger partial charge in [0, 0.05) is 31.1 Å². The predicted molar refractivity (Wildman–Crippen MR) is 123 cm³/mol. The molecule has 6 nitrogen and oxygen atoms in total. The van der Waals surface area contributed by atoms with Crippen molar-refractivity contribution in [3.8, 4) is 0 Å². The molecule has 0 spiro atoms. The number of aromatic nitrogens is 2. The SMILES string of the molecule is COC(=O)/C=C/c1cc(F)cc(N(Cc2cccc3cc4cnn(C)c4cc23)C(C)=O)c1. The van der Waals surface area contributed by atoms with Crippen LogP contribution in [0.3, 0.4) is 0 Å². The zero-order chi connectivity index (χ0) is 22.8. The predicted octanol–water partition coefficient (Wildman–Crippen LogP) is 4.60. The molecule has 0 saturated heterocycles. The summed E-state index contributed by atoms with van der Waals surface area (Å²) in [6.45, 7) is 1.71. The van der Waals surface area contributed by atoms with E-state index in [1.807, 2.05) is 31.4 Å². The van der Waals surface area contributed by atoms with Crippen LogP contribution in [0.1, 0.15) is 18.1 Å². The van der Waals surface area contributed by atoms with Crippen molar-refractivity contribution >= 4 is 45.3 Å². The molecule has 162 valence electrons. The molecule has 0 radical (unpaired) electrons. The zero-order valence-corrected chi connectivity index (χ0v) is 18.0. The van der Waals surface area contributed by atoms with Gasteiger partial charge in [0.1, 0.15) is 5.82 Å². The average molecular weight is 431 g/mol. The van der Waals surface area contributed by atoms with E-state index >= 15 is 0 Å². The molecule has 0 aliphatic rings. The highest BCUT2D eigenvalue weighted by molar-refractivity contribution is 5.99. The van der Waals surface area contributed by atoms with Gasteiger partial charge in [-0.1, -0.05) is 18.2 Å². The summed E-state index contributed by atoms with van der Waals surface area (Å²) in [6, 6.07) is 14.3. The lowest BCUT2D eigenvalue weighted by molar-refractivity contribution is -0.134. The molecule has 0 fully saturated rings. The number of amides is 1. The Labute approximate surface area is 184 Å². The van der Waals surface area contributed by atoms with Crippen molar-refractivity contribution in [2.24, 2.45) is 7.05 Å². The third kappa shape index (κ3) is 4.23. The second-order valence-electron chi connectivity index (χ2n) is 7.52. The van der Waals surface area contributed by atoms with Crippen LogP contribution in [0, 0.1) is 5.82 Å². The van der Waals surface area contributed by atoms with E-state index in [1.165, 1.54) is 43.2 Å². The molecule has 4 aromatic rings. The first-order valence-electron chi connectivity index (χ1n) is 10.0. The Morgan fingerprint density at radius 3 is 2.72 bits per heavy atom. The molecule has 1 amide bonds. The van der Waals surface area contributed by atoms with E-state index in [1.54, 1.807) is 10.7 Å². The maximum Gasteiger partial charge on any atom is 0.330 e. The summed E-state index contributed by atoms with van der Waals surface area (Å²) in [6.07, 6.45) is 4.48. The third-order valence-corrected chi connectivity index (χ3v) is 5.37. The summed E-state index contributed by atoms with van der Waals surface area (Å²) in [5.41, 5.74) is 2.77. The number of fused-ring (bicyclic) bond motifs is 2. The first-order chi connectivity index (χ1) is 15.4. The summed E-state index contributed by atoms with van der Waals surface area (Å²) in [4.78, 5) is 25.4. The quantitative estimate of drug-likeness (QED) is 0.342. The molecule has 1 heterocycles. The number of nitrogens with zero attached hydrogens (tertiary/aromatic N) is 3. The lowest BCUT2D eigenvalue weighted by Gasteiger charge is -2.23. The van der Waals surface area contributed by atoms with Crippen molar-refractivity contribution in [1.29, 1.82) is 0 Å². The fourth-order valence-electron chi connectivity index (χ4n) is 3.76. The Morgan fingerprint density at radius 2 is 1.97 bits per heavy atom. The number of carbonyl (C=O) groups excluding carboxylic acids is 2. The van der Waals surface area contributed by atoms with E-state index < -0.39 is 11.8 Å². The Hall–Kier alpha value is -4.00. The number of anilines is 1. The lowest BCUT2D eigenvalue weighted by Crippen LogP contribution is -2.28. The molecule has 3 aromatic carbocycles. The van der Waals surface area contributed by atoms with Crippen molar-refractivity contribution in [2.75, 3.05) is 12.0 Å². The van der Waals surface area contributed by atoms with Crippen molar-refractivity contribution in [2.45, 2.75) is 13.5 Å². The van der Waals surface area contributed by atoms with E-state index in [2.05, 4.69) is 22.0 Å². The number of halogens is 1. The van der Waals surface area contributed by atoms with Crippen molar-refractivity contribution in [1.82, 2.24) is 9.78 Å². The summed E-state index contributed by atoms with van der Waals surface area (Å²) in [7, 11) is 3.15. The molecule has 1 aromatic heterocycles. The Morgan fingerprint density at radius 1 is 1.16 bits per heavy atom. The highest BCUT2D eigenvalue weighted by atomic mass is 19.1. The summed E-state index contributed by atoms with van der Waals surface area (Å²) >= 11 is 0. The highest BCUT2D eigenvalue weighted by Crippen LogP contribution is 2.28. The first kappa shape index (κ1) is 21.2. The molecule has 7 heteroatoms. The van der Waals surface area contributed by atoms with Crippen LogP contribution < -0.4 is 4.90 Å². The monoisotopic (exact) mass is 431 g/mol. The van der Waals surface area contributed by atoms with Gasteiger partial charge >= 0.3 is 5.97 Å². The van der Waals surface area contributed by atoms with Crippen molar-refractivity contribution in [3.05, 3.63) is 77.7 Å². The smallest absolute Gasteiger partial charge is 0.330 e. The number of carbonyl (C=O) groups is 2. The van der Waals surface area contributed by atoms with Gasteiger partial charge in [0.2, 0.25) is 5.91 Å². The number of aryl methyl sites for hydroxylation is 1. The molecule has 0 bridgehead atoms. The highest BCUT2D eigenvalue weighted by Gasteiger charge is 2.16. The number of hydrogen-bond donors (Lipinski definition) is 0. The molecule has 0 N–H and O–H groups in total. The number of benzene rings is 3. The van der Waals surface area contributed by atoms with E-state index in [0.717, 1.165) is 27.2 Å². The number of rotatable bonds is 5. The van der Waals surface area contributed by atoms with Crippen LogP contribution in [0.15, 0.2) is 60.8 Å². The summed E-state index contributed by atoms with van der Waals surface area (Å²) in [5.74, 6) is -1.28. The number of esters is 1. The maximum atomic E-state index is 14.3. The standard InChI is InChI=1S/C25H22FN3O3/c1-16(30)29(22-10-17(9-21(26)12-22)7-8-25(31)32-3)15-19-6-4-5-18-11-20-14-27-28(2)24(20)13-23(18)19/h4-14H,15H2,1-3H3/b8-7+. The molecule has 0 aliphatic carbocycles. The lowest BCUT2D eigenvalue weighted by atomic mass is 10.0. The summed E-state index contributed by atoms with van der Waals surface area (Å²) < 4.78 is 20.7. The van der Waals surface area contributed by atoms with Crippen LogP contribution >= 0.6 is 0 Å². The minimum absolute atomic E-state index is 0.225. The molecule has 4 rings (SSSR count). The van der Waals surface area contributed by atoms with Gasteiger partial charge in [-0.2, -0.15) is 5.10 Å². The van der Waals surface area contributed by atoms with Gasteiger partial charge < -0.3 is 9.64 Å².